The average Bonchev–Trinajstić information content (AvgIpc) is 3.62. The molecule has 4 aromatic rings. The summed E-state index contributed by atoms with van der Waals surface area (Å²) >= 11 is -3.74. The van der Waals surface area contributed by atoms with Crippen LogP contribution in [0.1, 0.15) is 82.3 Å². The van der Waals surface area contributed by atoms with Gasteiger partial charge in [0.2, 0.25) is 0 Å². The van der Waals surface area contributed by atoms with E-state index in [-0.39, 0.29) is 10.8 Å². The predicted molar refractivity (Wildman–Crippen MR) is 194 cm³/mol. The molecule has 0 heterocycles. The Bertz CT molecular complexity index is 1780. The zero-order valence-corrected chi connectivity index (χ0v) is 33.1. The second-order valence-electron chi connectivity index (χ2n) is 16.6. The zero-order valence-electron chi connectivity index (χ0n) is 28.5. The summed E-state index contributed by atoms with van der Waals surface area (Å²) in [6.45, 7) is 19.1. The van der Waals surface area contributed by atoms with E-state index in [4.69, 9.17) is 0 Å². The van der Waals surface area contributed by atoms with Crippen molar-refractivity contribution in [3.05, 3.63) is 130 Å². The molecule has 0 saturated carbocycles. The van der Waals surface area contributed by atoms with Crippen LogP contribution in [0.25, 0.3) is 34.4 Å². The van der Waals surface area contributed by atoms with Crippen LogP contribution >= 0.6 is 0 Å². The minimum absolute atomic E-state index is 0.131. The summed E-state index contributed by atoms with van der Waals surface area (Å²) in [5.41, 5.74) is 14.0. The van der Waals surface area contributed by atoms with Gasteiger partial charge in [-0.25, -0.2) is 0 Å². The Morgan fingerprint density at radius 3 is 1.30 bits per heavy atom. The van der Waals surface area contributed by atoms with Crippen molar-refractivity contribution < 1.29 is 17.1 Å². The van der Waals surface area contributed by atoms with E-state index in [0.717, 1.165) is 0 Å². The van der Waals surface area contributed by atoms with Crippen molar-refractivity contribution in [3.8, 4) is 22.3 Å². The normalized spacial score (nSPS) is 18.0. The molecule has 2 aliphatic rings. The molecule has 0 amide bonds. The summed E-state index contributed by atoms with van der Waals surface area (Å²) in [6, 6.07) is 32.7. The molecule has 0 spiro atoms. The summed E-state index contributed by atoms with van der Waals surface area (Å²) in [4.78, 5) is 0. The van der Waals surface area contributed by atoms with Crippen molar-refractivity contribution in [1.29, 1.82) is 0 Å². The molecule has 226 valence electrons. The second kappa shape index (κ2) is 10.8. The predicted octanol–water partition coefficient (Wildman–Crippen LogP) is 12.5. The van der Waals surface area contributed by atoms with E-state index in [1.165, 1.54) is 44.5 Å². The molecule has 0 N–H and O–H groups in total. The maximum atomic E-state index is 2.82. The Balaban J connectivity index is 1.47. The van der Waals surface area contributed by atoms with Gasteiger partial charge < -0.3 is 0 Å². The number of fused-ring (bicyclic) bond motifs is 2. The maximum absolute atomic E-state index is 3.74. The Labute approximate surface area is 268 Å². The fourth-order valence-electron chi connectivity index (χ4n) is 7.85. The van der Waals surface area contributed by atoms with E-state index in [0.29, 0.717) is 7.35 Å². The van der Waals surface area contributed by atoms with Crippen molar-refractivity contribution >= 4 is 17.6 Å². The van der Waals surface area contributed by atoms with Crippen LogP contribution in [0.5, 0.6) is 0 Å². The third-order valence-corrected chi connectivity index (χ3v) is 71.0. The van der Waals surface area contributed by atoms with E-state index in [1.54, 1.807) is 11.1 Å². The Hall–Kier alpha value is -2.55. The van der Waals surface area contributed by atoms with E-state index < -0.39 is 22.6 Å². The van der Waals surface area contributed by atoms with Gasteiger partial charge in [0.1, 0.15) is 0 Å². The Kier molecular flexibility index (Phi) is 7.69. The van der Waals surface area contributed by atoms with Crippen molar-refractivity contribution in [3.63, 3.8) is 0 Å². The topological polar surface area (TPSA) is 0 Å². The summed E-state index contributed by atoms with van der Waals surface area (Å²) in [6.07, 6.45) is 10.2. The molecule has 0 saturated heterocycles. The zero-order chi connectivity index (χ0) is 31.7. The van der Waals surface area contributed by atoms with Crippen LogP contribution in [0.3, 0.4) is 0 Å². The first-order valence-electron chi connectivity index (χ1n) is 16.4. The summed E-state index contributed by atoms with van der Waals surface area (Å²) in [7, 11) is 0. The second-order valence-corrected chi connectivity index (χ2v) is 65.5. The van der Waals surface area contributed by atoms with E-state index in [2.05, 4.69) is 173 Å². The van der Waals surface area contributed by atoms with E-state index >= 15 is 0 Å². The number of rotatable bonds is 4. The average molecular weight is 761 g/mol. The first kappa shape index (κ1) is 31.4. The van der Waals surface area contributed by atoms with Gasteiger partial charge in [-0.15, -0.1) is 0 Å². The van der Waals surface area contributed by atoms with Crippen LogP contribution in [0.4, 0.5) is 0 Å². The number of hydrogen-bond donors (Lipinski definition) is 0. The van der Waals surface area contributed by atoms with Crippen LogP contribution in [0.2, 0.25) is 22.5 Å². The molecule has 4 aromatic carbocycles. The SMILES string of the molecule is C[Si](C)=[Hf]([CH3])([CH3])([CH]1C=Cc2c(-c3cccc(C(C)(C)C)c3)cccc21)[CH]1C=Cc2c(-c3cccc(C(C)(C)C)c3)cccc21. The minimum atomic E-state index is -3.74. The molecule has 6 rings (SSSR count). The van der Waals surface area contributed by atoms with Gasteiger partial charge in [-0.1, -0.05) is 0 Å². The van der Waals surface area contributed by atoms with Gasteiger partial charge in [-0.3, -0.25) is 0 Å². The molecule has 44 heavy (non-hydrogen) atoms. The number of benzene rings is 4. The monoisotopic (exact) mass is 762 g/mol. The summed E-state index contributed by atoms with van der Waals surface area (Å²) in [5, 5.41) is 0. The number of hydrogen-bond acceptors (Lipinski definition) is 0. The molecule has 0 bridgehead atoms. The van der Waals surface area contributed by atoms with Crippen LogP contribution in [0, 0.1) is 0 Å². The van der Waals surface area contributed by atoms with Crippen molar-refractivity contribution in [1.82, 2.24) is 0 Å². The van der Waals surface area contributed by atoms with Crippen molar-refractivity contribution in [2.75, 3.05) is 0 Å². The first-order valence-corrected chi connectivity index (χ1v) is 35.7. The Morgan fingerprint density at radius 1 is 0.545 bits per heavy atom. The van der Waals surface area contributed by atoms with Crippen LogP contribution in [0.15, 0.2) is 97.1 Å². The van der Waals surface area contributed by atoms with Gasteiger partial charge in [0.15, 0.2) is 0 Å². The third-order valence-electron chi connectivity index (χ3n) is 11.4. The van der Waals surface area contributed by atoms with Crippen LogP contribution in [-0.2, 0) is 28.0 Å². The fraction of sp³-hybridized carbons (Fsp3) is 0.333. The molecule has 2 aliphatic carbocycles. The molecule has 2 atom stereocenters. The van der Waals surface area contributed by atoms with E-state index in [1.807, 2.05) is 0 Å². The van der Waals surface area contributed by atoms with Gasteiger partial charge in [0.25, 0.3) is 0 Å². The molecule has 2 heteroatoms. The van der Waals surface area contributed by atoms with Gasteiger partial charge in [-0.2, -0.15) is 0 Å². The summed E-state index contributed by atoms with van der Waals surface area (Å²) < 4.78 is 6.73. The molecule has 0 nitrogen and oxygen atoms in total. The number of allylic oxidation sites excluding steroid dienone is 2. The summed E-state index contributed by atoms with van der Waals surface area (Å²) in [5.74, 6) is 0. The fourth-order valence-corrected chi connectivity index (χ4v) is 41.6. The van der Waals surface area contributed by atoms with Crippen molar-refractivity contribution in [2.24, 2.45) is 0 Å². The molecule has 0 aromatic heterocycles. The molecule has 2 unspecified atom stereocenters. The van der Waals surface area contributed by atoms with Gasteiger partial charge in [-0.05, 0) is 0 Å². The van der Waals surface area contributed by atoms with E-state index in [9.17, 15) is 0 Å². The quantitative estimate of drug-likeness (QED) is 0.182. The molecular formula is C42H50HfSi. The standard InChI is InChI=1S/2C19H19.C2H6Si.2CH3.Hf/c2*1-19(2,3)16-10-4-9-15(13-16)18-12-6-8-14-7-5-11-17(14)18;1-3-2;;;/h2*4-13H,1-3H3;1-2H3;2*1H3;. The molecule has 0 fully saturated rings. The Morgan fingerprint density at radius 2 is 0.932 bits per heavy atom. The third kappa shape index (κ3) is 5.05. The molecular weight excluding hydrogens is 711 g/mol. The van der Waals surface area contributed by atoms with Crippen LogP contribution in [-0.4, -0.2) is 5.49 Å². The van der Waals surface area contributed by atoms with Crippen molar-refractivity contribution in [2.45, 2.75) is 82.2 Å². The van der Waals surface area contributed by atoms with Gasteiger partial charge in [0, 0.05) is 0 Å². The molecule has 0 radical (unpaired) electrons. The first-order chi connectivity index (χ1) is 20.6. The van der Waals surface area contributed by atoms with Gasteiger partial charge in [0.05, 0.1) is 0 Å². The molecule has 0 aliphatic heterocycles. The van der Waals surface area contributed by atoms with Gasteiger partial charge >= 0.3 is 270 Å². The van der Waals surface area contributed by atoms with Crippen LogP contribution < -0.4 is 0 Å².